The van der Waals surface area contributed by atoms with Crippen LogP contribution in [0.3, 0.4) is 0 Å². The fraction of sp³-hybridized carbons (Fsp3) is 0.417. The third kappa shape index (κ3) is 4.71. The Morgan fingerprint density at radius 2 is 2.10 bits per heavy atom. The van der Waals surface area contributed by atoms with Gasteiger partial charge in [0.15, 0.2) is 0 Å². The molecule has 0 radical (unpaired) electrons. The number of anilines is 1. The minimum atomic E-state index is -0.642. The van der Waals surface area contributed by atoms with Crippen LogP contribution in [0.15, 0.2) is 12.3 Å². The number of aromatic nitrogens is 1. The van der Waals surface area contributed by atoms with Gasteiger partial charge >= 0.3 is 0 Å². The van der Waals surface area contributed by atoms with E-state index < -0.39 is 10.8 Å². The zero-order valence-corrected chi connectivity index (χ0v) is 11.8. The summed E-state index contributed by atoms with van der Waals surface area (Å²) in [6.45, 7) is 2.23. The molecule has 0 aliphatic rings. The molecule has 1 rings (SSSR count). The molecule has 0 spiro atoms. The maximum atomic E-state index is 12.0. The fourth-order valence-electron chi connectivity index (χ4n) is 1.51. The Balaban J connectivity index is 2.78. The van der Waals surface area contributed by atoms with Gasteiger partial charge in [0.25, 0.3) is 11.6 Å². The minimum absolute atomic E-state index is 0.00925. The molecule has 0 fully saturated rings. The van der Waals surface area contributed by atoms with Crippen molar-refractivity contribution in [2.45, 2.75) is 13.3 Å². The first-order valence-electron chi connectivity index (χ1n) is 6.36. The van der Waals surface area contributed by atoms with Gasteiger partial charge in [0.05, 0.1) is 17.0 Å². The van der Waals surface area contributed by atoms with Crippen LogP contribution in [0.2, 0.25) is 0 Å². The van der Waals surface area contributed by atoms with Crippen LogP contribution in [-0.4, -0.2) is 41.9 Å². The molecule has 1 aromatic rings. The van der Waals surface area contributed by atoms with Gasteiger partial charge in [-0.15, -0.1) is 0 Å². The van der Waals surface area contributed by atoms with Crippen LogP contribution < -0.4 is 16.0 Å². The highest BCUT2D eigenvalue weighted by molar-refractivity contribution is 6.00. The molecule has 0 aromatic carbocycles. The number of carbonyl (C=O) groups is 2. The lowest BCUT2D eigenvalue weighted by Gasteiger charge is -2.09. The Bertz CT molecular complexity index is 546. The normalized spacial score (nSPS) is 9.81. The summed E-state index contributed by atoms with van der Waals surface area (Å²) in [5.74, 6) is -0.733. The van der Waals surface area contributed by atoms with Gasteiger partial charge in [0.2, 0.25) is 5.91 Å². The molecule has 0 saturated heterocycles. The van der Waals surface area contributed by atoms with E-state index in [1.54, 1.807) is 7.05 Å². The molecular formula is C12H17N5O4. The Morgan fingerprint density at radius 3 is 2.67 bits per heavy atom. The van der Waals surface area contributed by atoms with Gasteiger partial charge in [-0.2, -0.15) is 0 Å². The highest BCUT2D eigenvalue weighted by atomic mass is 16.6. The molecule has 0 atom stereocenters. The van der Waals surface area contributed by atoms with Gasteiger partial charge in [-0.3, -0.25) is 19.7 Å². The van der Waals surface area contributed by atoms with E-state index >= 15 is 0 Å². The van der Waals surface area contributed by atoms with Crippen LogP contribution in [0.4, 0.5) is 11.5 Å². The molecule has 3 N–H and O–H groups in total. The molecule has 0 saturated carbocycles. The van der Waals surface area contributed by atoms with Crippen molar-refractivity contribution in [3.63, 3.8) is 0 Å². The fourth-order valence-corrected chi connectivity index (χ4v) is 1.51. The topological polar surface area (TPSA) is 126 Å². The second-order valence-electron chi connectivity index (χ2n) is 4.13. The lowest BCUT2D eigenvalue weighted by Crippen LogP contribution is -2.37. The van der Waals surface area contributed by atoms with Crippen LogP contribution in [0.1, 0.15) is 23.7 Å². The summed E-state index contributed by atoms with van der Waals surface area (Å²) < 4.78 is 0. The Morgan fingerprint density at radius 1 is 1.38 bits per heavy atom. The molecule has 0 bridgehead atoms. The number of nitro groups is 1. The smallest absolute Gasteiger partial charge is 0.288 e. The summed E-state index contributed by atoms with van der Waals surface area (Å²) in [7, 11) is 1.54. The number of nitrogens with zero attached hydrogens (tertiary/aromatic N) is 2. The second-order valence-corrected chi connectivity index (χ2v) is 4.13. The Labute approximate surface area is 121 Å². The first-order valence-corrected chi connectivity index (χ1v) is 6.36. The first-order chi connectivity index (χ1) is 9.99. The van der Waals surface area contributed by atoms with Crippen LogP contribution in [0.5, 0.6) is 0 Å². The zero-order chi connectivity index (χ0) is 15.8. The first kappa shape index (κ1) is 16.3. The Hall–Kier alpha value is -2.71. The van der Waals surface area contributed by atoms with Gasteiger partial charge in [0.1, 0.15) is 12.0 Å². The van der Waals surface area contributed by atoms with E-state index in [2.05, 4.69) is 20.9 Å². The molecule has 0 aliphatic heterocycles. The molecule has 9 nitrogen and oxygen atoms in total. The van der Waals surface area contributed by atoms with E-state index in [1.165, 1.54) is 0 Å². The number of carbonyl (C=O) groups excluding carboxylic acids is 2. The van der Waals surface area contributed by atoms with Gasteiger partial charge in [-0.1, -0.05) is 6.92 Å². The third-order valence-electron chi connectivity index (χ3n) is 2.55. The summed E-state index contributed by atoms with van der Waals surface area (Å²) in [4.78, 5) is 37.3. The van der Waals surface area contributed by atoms with Crippen LogP contribution in [0, 0.1) is 10.1 Å². The maximum Gasteiger partial charge on any atom is 0.288 e. The molecule has 1 heterocycles. The van der Waals surface area contributed by atoms with Gasteiger partial charge < -0.3 is 16.0 Å². The molecule has 2 amide bonds. The number of pyridine rings is 1. The third-order valence-corrected chi connectivity index (χ3v) is 2.55. The average Bonchev–Trinajstić information content (AvgIpc) is 2.49. The standard InChI is InChI=1S/C12H17N5O4/c1-3-4-14-10(18)7-16-12(19)9-5-8(17(20)21)6-15-11(9)13-2/h5-6H,3-4,7H2,1-2H3,(H,13,15)(H,14,18)(H,16,19). The number of rotatable bonds is 7. The predicted octanol–water partition coefficient (Wildman–Crippen LogP) is 0.287. The van der Waals surface area contributed by atoms with Gasteiger partial charge in [-0.05, 0) is 6.42 Å². The average molecular weight is 295 g/mol. The molecule has 114 valence electrons. The van der Waals surface area contributed by atoms with Crippen LogP contribution >= 0.6 is 0 Å². The highest BCUT2D eigenvalue weighted by Crippen LogP contribution is 2.18. The molecule has 9 heteroatoms. The van der Waals surface area contributed by atoms with Crippen molar-refractivity contribution in [2.24, 2.45) is 0 Å². The Kier molecular flexibility index (Phi) is 6.05. The van der Waals surface area contributed by atoms with Crippen LogP contribution in [-0.2, 0) is 4.79 Å². The summed E-state index contributed by atoms with van der Waals surface area (Å²) >= 11 is 0. The highest BCUT2D eigenvalue weighted by Gasteiger charge is 2.18. The molecule has 1 aromatic heterocycles. The summed E-state index contributed by atoms with van der Waals surface area (Å²) in [6, 6.07) is 1.11. The SMILES string of the molecule is CCCNC(=O)CNC(=O)c1cc([N+](=O)[O-])cnc1NC. The summed E-state index contributed by atoms with van der Waals surface area (Å²) in [5, 5.41) is 18.4. The molecular weight excluding hydrogens is 278 g/mol. The number of amides is 2. The lowest BCUT2D eigenvalue weighted by atomic mass is 10.2. The number of hydrogen-bond acceptors (Lipinski definition) is 6. The van der Waals surface area contributed by atoms with Crippen molar-refractivity contribution in [1.82, 2.24) is 15.6 Å². The van der Waals surface area contributed by atoms with E-state index in [0.29, 0.717) is 6.54 Å². The maximum absolute atomic E-state index is 12.0. The van der Waals surface area contributed by atoms with Gasteiger partial charge in [-0.25, -0.2) is 4.98 Å². The monoisotopic (exact) mass is 295 g/mol. The van der Waals surface area contributed by atoms with Gasteiger partial charge in [0, 0.05) is 19.7 Å². The van der Waals surface area contributed by atoms with Crippen molar-refractivity contribution in [1.29, 1.82) is 0 Å². The zero-order valence-electron chi connectivity index (χ0n) is 11.8. The number of nitrogens with one attached hydrogen (secondary N) is 3. The molecule has 0 aliphatic carbocycles. The predicted molar refractivity (Wildman–Crippen MR) is 76.1 cm³/mol. The quantitative estimate of drug-likeness (QED) is 0.490. The van der Waals surface area contributed by atoms with E-state index in [9.17, 15) is 19.7 Å². The largest absolute Gasteiger partial charge is 0.372 e. The van der Waals surface area contributed by atoms with Crippen molar-refractivity contribution in [3.8, 4) is 0 Å². The summed E-state index contributed by atoms with van der Waals surface area (Å²) in [5.41, 5.74) is -0.287. The van der Waals surface area contributed by atoms with E-state index in [1.807, 2.05) is 6.92 Å². The van der Waals surface area contributed by atoms with E-state index in [4.69, 9.17) is 0 Å². The van der Waals surface area contributed by atoms with Crippen molar-refractivity contribution in [3.05, 3.63) is 27.9 Å². The van der Waals surface area contributed by atoms with E-state index in [0.717, 1.165) is 18.7 Å². The van der Waals surface area contributed by atoms with Crippen molar-refractivity contribution in [2.75, 3.05) is 25.5 Å². The lowest BCUT2D eigenvalue weighted by molar-refractivity contribution is -0.385. The number of hydrogen-bond donors (Lipinski definition) is 3. The summed E-state index contributed by atoms with van der Waals surface area (Å²) in [6.07, 6.45) is 1.84. The van der Waals surface area contributed by atoms with Crippen LogP contribution in [0.25, 0.3) is 0 Å². The second kappa shape index (κ2) is 7.78. The van der Waals surface area contributed by atoms with E-state index in [-0.39, 0.29) is 29.5 Å². The molecule has 0 unspecified atom stereocenters. The van der Waals surface area contributed by atoms with Crippen molar-refractivity contribution < 1.29 is 14.5 Å². The molecule has 21 heavy (non-hydrogen) atoms. The van der Waals surface area contributed by atoms with Crippen molar-refractivity contribution >= 4 is 23.3 Å². The minimum Gasteiger partial charge on any atom is -0.372 e.